The van der Waals surface area contributed by atoms with E-state index in [1.807, 2.05) is 6.07 Å². The number of nitro groups is 1. The van der Waals surface area contributed by atoms with Crippen molar-refractivity contribution in [2.75, 3.05) is 0 Å². The van der Waals surface area contributed by atoms with Crippen LogP contribution in [-0.2, 0) is 0 Å². The van der Waals surface area contributed by atoms with Crippen LogP contribution in [0.3, 0.4) is 0 Å². The molecule has 23 heavy (non-hydrogen) atoms. The third-order valence-electron chi connectivity index (χ3n) is 3.47. The van der Waals surface area contributed by atoms with E-state index in [9.17, 15) is 10.1 Å². The number of thioether (sulfide) groups is 1. The van der Waals surface area contributed by atoms with E-state index < -0.39 is 4.92 Å². The van der Waals surface area contributed by atoms with Gasteiger partial charge in [0.25, 0.3) is 5.69 Å². The Balaban J connectivity index is 2.03. The number of aromatic nitrogens is 4. The fourth-order valence-electron chi connectivity index (χ4n) is 2.04. The van der Waals surface area contributed by atoms with Crippen molar-refractivity contribution in [2.24, 2.45) is 0 Å². The first-order chi connectivity index (χ1) is 11.1. The van der Waals surface area contributed by atoms with E-state index in [2.05, 4.69) is 29.1 Å². The number of nitrogens with zero attached hydrogens (tertiary/aromatic N) is 5. The number of hydrogen-bond acceptors (Lipinski definition) is 6. The van der Waals surface area contributed by atoms with Crippen LogP contribution < -0.4 is 0 Å². The second-order valence-electron chi connectivity index (χ2n) is 5.12. The molecule has 0 bridgehead atoms. The van der Waals surface area contributed by atoms with E-state index in [4.69, 9.17) is 0 Å². The van der Waals surface area contributed by atoms with Gasteiger partial charge in [0.05, 0.1) is 10.6 Å². The normalized spacial score (nSPS) is 12.4. The second kappa shape index (κ2) is 6.33. The molecule has 3 aromatic rings. The third kappa shape index (κ3) is 3.16. The number of rotatable bonds is 5. The van der Waals surface area contributed by atoms with Crippen molar-refractivity contribution in [2.45, 2.75) is 30.7 Å². The van der Waals surface area contributed by atoms with Gasteiger partial charge in [-0.1, -0.05) is 37.7 Å². The molecule has 1 atom stereocenters. The number of nitro benzene ring substituents is 1. The summed E-state index contributed by atoms with van der Waals surface area (Å²) >= 11 is 1.61. The van der Waals surface area contributed by atoms with Gasteiger partial charge in [-0.3, -0.25) is 10.1 Å². The maximum atomic E-state index is 10.9. The maximum Gasteiger partial charge on any atom is 0.270 e. The average Bonchev–Trinajstić information content (AvgIpc) is 2.97. The molecule has 0 saturated carbocycles. The highest BCUT2D eigenvalue weighted by molar-refractivity contribution is 7.99. The van der Waals surface area contributed by atoms with Crippen LogP contribution in [0.1, 0.15) is 20.3 Å². The van der Waals surface area contributed by atoms with Gasteiger partial charge in [0.1, 0.15) is 0 Å². The smallest absolute Gasteiger partial charge is 0.258 e. The van der Waals surface area contributed by atoms with Crippen molar-refractivity contribution in [1.82, 2.24) is 19.8 Å². The first-order valence-electron chi connectivity index (χ1n) is 7.22. The monoisotopic (exact) mass is 329 g/mol. The number of non-ortho nitro benzene ring substituents is 1. The Hall–Kier alpha value is -2.48. The second-order valence-corrected chi connectivity index (χ2v) is 6.52. The maximum absolute atomic E-state index is 10.9. The van der Waals surface area contributed by atoms with Crippen LogP contribution in [0.5, 0.6) is 0 Å². The minimum Gasteiger partial charge on any atom is -0.258 e. The van der Waals surface area contributed by atoms with E-state index in [0.717, 1.165) is 11.6 Å². The molecule has 7 nitrogen and oxygen atoms in total. The van der Waals surface area contributed by atoms with Crippen LogP contribution in [0.2, 0.25) is 0 Å². The standard InChI is InChI=1S/C15H15N5O2S/c1-3-10(2)23-15-17-16-14-8-7-13(18-19(14)15)11-5-4-6-12(9-11)20(21)22/h4-10H,3H2,1-2H3. The summed E-state index contributed by atoms with van der Waals surface area (Å²) < 4.78 is 1.69. The van der Waals surface area contributed by atoms with Crippen LogP contribution in [-0.4, -0.2) is 30.0 Å². The van der Waals surface area contributed by atoms with Gasteiger partial charge in [-0.2, -0.15) is 9.61 Å². The number of fused-ring (bicyclic) bond motifs is 1. The predicted octanol–water partition coefficient (Wildman–Crippen LogP) is 3.59. The molecule has 0 aliphatic carbocycles. The summed E-state index contributed by atoms with van der Waals surface area (Å²) in [5.74, 6) is 0. The third-order valence-corrected chi connectivity index (χ3v) is 4.67. The molecule has 2 aromatic heterocycles. The molecule has 0 spiro atoms. The Kier molecular flexibility index (Phi) is 4.24. The van der Waals surface area contributed by atoms with E-state index in [1.54, 1.807) is 34.5 Å². The highest BCUT2D eigenvalue weighted by atomic mass is 32.2. The van der Waals surface area contributed by atoms with E-state index in [-0.39, 0.29) is 5.69 Å². The Bertz CT molecular complexity index is 864. The summed E-state index contributed by atoms with van der Waals surface area (Å²) in [5, 5.41) is 24.9. The predicted molar refractivity (Wildman–Crippen MR) is 88.5 cm³/mol. The SMILES string of the molecule is CCC(C)Sc1nnc2ccc(-c3cccc([N+](=O)[O-])c3)nn12. The number of hydrogen-bond donors (Lipinski definition) is 0. The van der Waals surface area contributed by atoms with Gasteiger partial charge in [-0.25, -0.2) is 0 Å². The first kappa shape index (κ1) is 15.4. The topological polar surface area (TPSA) is 86.2 Å². The van der Waals surface area contributed by atoms with Gasteiger partial charge in [0, 0.05) is 22.9 Å². The van der Waals surface area contributed by atoms with Gasteiger partial charge >= 0.3 is 0 Å². The van der Waals surface area contributed by atoms with Crippen LogP contribution in [0, 0.1) is 10.1 Å². The Labute approximate surface area is 136 Å². The summed E-state index contributed by atoms with van der Waals surface area (Å²) in [7, 11) is 0. The van der Waals surface area contributed by atoms with E-state index in [0.29, 0.717) is 22.2 Å². The molecule has 1 unspecified atom stereocenters. The Morgan fingerprint density at radius 3 is 2.87 bits per heavy atom. The van der Waals surface area contributed by atoms with Crippen molar-refractivity contribution in [3.05, 3.63) is 46.5 Å². The van der Waals surface area contributed by atoms with E-state index in [1.165, 1.54) is 12.1 Å². The van der Waals surface area contributed by atoms with Crippen LogP contribution in [0.25, 0.3) is 16.9 Å². The molecule has 0 amide bonds. The Morgan fingerprint density at radius 2 is 2.13 bits per heavy atom. The summed E-state index contributed by atoms with van der Waals surface area (Å²) in [6, 6.07) is 10.0. The van der Waals surface area contributed by atoms with Crippen molar-refractivity contribution in [1.29, 1.82) is 0 Å². The van der Waals surface area contributed by atoms with E-state index >= 15 is 0 Å². The minimum absolute atomic E-state index is 0.0438. The van der Waals surface area contributed by atoms with Gasteiger partial charge in [0.15, 0.2) is 5.65 Å². The van der Waals surface area contributed by atoms with Gasteiger partial charge in [0.2, 0.25) is 5.16 Å². The molecule has 8 heteroatoms. The molecule has 0 radical (unpaired) electrons. The molecular formula is C15H15N5O2S. The molecule has 0 fully saturated rings. The quantitative estimate of drug-likeness (QED) is 0.404. The minimum atomic E-state index is -0.412. The van der Waals surface area contributed by atoms with Crippen molar-refractivity contribution < 1.29 is 4.92 Å². The number of benzene rings is 1. The fourth-order valence-corrected chi connectivity index (χ4v) is 2.89. The molecular weight excluding hydrogens is 314 g/mol. The Morgan fingerprint density at radius 1 is 1.30 bits per heavy atom. The zero-order valence-corrected chi connectivity index (χ0v) is 13.5. The summed E-state index contributed by atoms with van der Waals surface area (Å²) in [4.78, 5) is 10.5. The zero-order chi connectivity index (χ0) is 16.4. The molecule has 0 aliphatic rings. The average molecular weight is 329 g/mol. The van der Waals surface area contributed by atoms with Crippen LogP contribution >= 0.6 is 11.8 Å². The van der Waals surface area contributed by atoms with Crippen molar-refractivity contribution in [3.8, 4) is 11.3 Å². The zero-order valence-electron chi connectivity index (χ0n) is 12.7. The molecule has 1 aromatic carbocycles. The largest absolute Gasteiger partial charge is 0.270 e. The van der Waals surface area contributed by atoms with Gasteiger partial charge in [-0.15, -0.1) is 10.2 Å². The highest BCUT2D eigenvalue weighted by Gasteiger charge is 2.13. The molecule has 0 saturated heterocycles. The molecule has 0 N–H and O–H groups in total. The molecule has 118 valence electrons. The fraction of sp³-hybridized carbons (Fsp3) is 0.267. The van der Waals surface area contributed by atoms with Crippen molar-refractivity contribution in [3.63, 3.8) is 0 Å². The summed E-state index contributed by atoms with van der Waals surface area (Å²) in [5.41, 5.74) is 2.04. The van der Waals surface area contributed by atoms with Gasteiger partial charge in [-0.05, 0) is 18.6 Å². The lowest BCUT2D eigenvalue weighted by atomic mass is 10.1. The lowest BCUT2D eigenvalue weighted by Crippen LogP contribution is -2.00. The lowest BCUT2D eigenvalue weighted by molar-refractivity contribution is -0.384. The lowest BCUT2D eigenvalue weighted by Gasteiger charge is -2.06. The molecule has 0 aliphatic heterocycles. The van der Waals surface area contributed by atoms with Crippen LogP contribution in [0.4, 0.5) is 5.69 Å². The summed E-state index contributed by atoms with van der Waals surface area (Å²) in [6.07, 6.45) is 1.02. The van der Waals surface area contributed by atoms with Crippen molar-refractivity contribution >= 4 is 23.1 Å². The molecule has 2 heterocycles. The summed E-state index contributed by atoms with van der Waals surface area (Å²) in [6.45, 7) is 4.24. The molecule has 3 rings (SSSR count). The first-order valence-corrected chi connectivity index (χ1v) is 8.10. The van der Waals surface area contributed by atoms with Crippen LogP contribution in [0.15, 0.2) is 41.6 Å². The van der Waals surface area contributed by atoms with Gasteiger partial charge < -0.3 is 0 Å². The highest BCUT2D eigenvalue weighted by Crippen LogP contribution is 2.26.